The largest absolute Gasteiger partial charge is 0.399 e. The van der Waals surface area contributed by atoms with E-state index in [-0.39, 0.29) is 30.7 Å². The fraction of sp³-hybridized carbons (Fsp3) is 0.333. The zero-order valence-electron chi connectivity index (χ0n) is 17.0. The van der Waals surface area contributed by atoms with Gasteiger partial charge >= 0.3 is 0 Å². The van der Waals surface area contributed by atoms with E-state index in [1.165, 1.54) is 0 Å². The van der Waals surface area contributed by atoms with Crippen molar-refractivity contribution in [1.29, 1.82) is 0 Å². The highest BCUT2D eigenvalue weighted by molar-refractivity contribution is 6.05. The minimum Gasteiger partial charge on any atom is -0.399 e. The first kappa shape index (κ1) is 24.8. The number of halogens is 2. The quantitative estimate of drug-likeness (QED) is 0.538. The molecule has 158 valence electrons. The number of carbonyl (C=O) groups excluding carboxylic acids is 1. The monoisotopic (exact) mass is 437 g/mol. The first-order chi connectivity index (χ1) is 13.0. The summed E-state index contributed by atoms with van der Waals surface area (Å²) in [4.78, 5) is 19.8. The van der Waals surface area contributed by atoms with Crippen molar-refractivity contribution in [3.8, 4) is 0 Å². The lowest BCUT2D eigenvalue weighted by Crippen LogP contribution is -2.27. The van der Waals surface area contributed by atoms with Gasteiger partial charge in [0.25, 0.3) is 5.91 Å². The molecule has 1 amide bonds. The summed E-state index contributed by atoms with van der Waals surface area (Å²) in [5.74, 6) is 0.370. The maximum atomic E-state index is 12.8. The molecule has 2 aromatic carbocycles. The van der Waals surface area contributed by atoms with E-state index in [0.29, 0.717) is 17.2 Å². The van der Waals surface area contributed by atoms with Crippen molar-refractivity contribution in [3.05, 3.63) is 53.6 Å². The number of aromatic nitrogens is 2. The van der Waals surface area contributed by atoms with Gasteiger partial charge in [-0.15, -0.1) is 24.8 Å². The summed E-state index contributed by atoms with van der Waals surface area (Å²) < 4.78 is 2.08. The third-order valence-corrected chi connectivity index (χ3v) is 4.92. The molecular weight excluding hydrogens is 409 g/mol. The van der Waals surface area contributed by atoms with Gasteiger partial charge in [0.15, 0.2) is 0 Å². The lowest BCUT2D eigenvalue weighted by molar-refractivity contribution is 0.102. The molecule has 3 rings (SSSR count). The van der Waals surface area contributed by atoms with Crippen LogP contribution in [-0.4, -0.2) is 40.0 Å². The molecule has 29 heavy (non-hydrogen) atoms. The third-order valence-electron chi connectivity index (χ3n) is 4.92. The van der Waals surface area contributed by atoms with Crippen molar-refractivity contribution in [2.24, 2.45) is 0 Å². The normalized spacial score (nSPS) is 10.5. The van der Waals surface area contributed by atoms with Crippen LogP contribution < -0.4 is 11.1 Å². The van der Waals surface area contributed by atoms with Crippen LogP contribution >= 0.6 is 24.8 Å². The Bertz CT molecular complexity index is 953. The fourth-order valence-electron chi connectivity index (χ4n) is 3.23. The van der Waals surface area contributed by atoms with Crippen LogP contribution in [0.4, 0.5) is 11.6 Å². The molecule has 0 saturated carbocycles. The van der Waals surface area contributed by atoms with Crippen LogP contribution in [-0.2, 0) is 6.54 Å². The number of nitrogens with one attached hydrogen (secondary N) is 1. The molecule has 1 aromatic heterocycles. The highest BCUT2D eigenvalue weighted by atomic mass is 35.5. The van der Waals surface area contributed by atoms with Crippen LogP contribution in [0.5, 0.6) is 0 Å². The number of amides is 1. The van der Waals surface area contributed by atoms with Gasteiger partial charge < -0.3 is 15.2 Å². The van der Waals surface area contributed by atoms with Crippen molar-refractivity contribution in [2.45, 2.75) is 27.3 Å². The van der Waals surface area contributed by atoms with Crippen molar-refractivity contribution < 1.29 is 4.79 Å². The maximum absolute atomic E-state index is 12.8. The van der Waals surface area contributed by atoms with E-state index in [0.717, 1.165) is 42.8 Å². The highest BCUT2D eigenvalue weighted by Gasteiger charge is 2.16. The number of nitrogens with zero attached hydrogens (tertiary/aromatic N) is 3. The molecule has 6 nitrogen and oxygen atoms in total. The molecule has 8 heteroatoms. The minimum atomic E-state index is -0.195. The van der Waals surface area contributed by atoms with Crippen LogP contribution in [0, 0.1) is 6.92 Å². The summed E-state index contributed by atoms with van der Waals surface area (Å²) in [5, 5.41) is 2.98. The van der Waals surface area contributed by atoms with E-state index in [9.17, 15) is 4.79 Å². The molecule has 0 radical (unpaired) electrons. The number of fused-ring (bicyclic) bond motifs is 1. The molecule has 0 spiro atoms. The molecule has 0 aliphatic heterocycles. The molecule has 0 aliphatic rings. The van der Waals surface area contributed by atoms with Crippen molar-refractivity contribution in [2.75, 3.05) is 30.7 Å². The summed E-state index contributed by atoms with van der Waals surface area (Å²) in [7, 11) is 0. The van der Waals surface area contributed by atoms with E-state index < -0.39 is 0 Å². The number of rotatable bonds is 7. The first-order valence-corrected chi connectivity index (χ1v) is 9.38. The van der Waals surface area contributed by atoms with Gasteiger partial charge in [0.1, 0.15) is 0 Å². The molecule has 0 atom stereocenters. The zero-order valence-corrected chi connectivity index (χ0v) is 18.6. The van der Waals surface area contributed by atoms with Gasteiger partial charge in [-0.05, 0) is 49.8 Å². The Kier molecular flexibility index (Phi) is 9.43. The Morgan fingerprint density at radius 2 is 1.83 bits per heavy atom. The van der Waals surface area contributed by atoms with E-state index >= 15 is 0 Å². The topological polar surface area (TPSA) is 76.2 Å². The number of imidazole rings is 1. The second-order valence-electron chi connectivity index (χ2n) is 6.63. The average molecular weight is 438 g/mol. The predicted molar refractivity (Wildman–Crippen MR) is 126 cm³/mol. The second kappa shape index (κ2) is 11.0. The molecular formula is C21H29Cl2N5O. The van der Waals surface area contributed by atoms with Crippen molar-refractivity contribution >= 4 is 53.4 Å². The lowest BCUT2D eigenvalue weighted by atomic mass is 10.1. The SMILES string of the molecule is CCN(CC)CCn1c(NC(=O)c2cc(N)ccc2C)nc2ccccc21.Cl.Cl. The number of anilines is 2. The third kappa shape index (κ3) is 5.63. The number of benzene rings is 2. The summed E-state index contributed by atoms with van der Waals surface area (Å²) in [6.07, 6.45) is 0. The predicted octanol–water partition coefficient (Wildman–Crippen LogP) is 4.36. The average Bonchev–Trinajstić information content (AvgIpc) is 3.01. The number of aryl methyl sites for hydroxylation is 1. The fourth-order valence-corrected chi connectivity index (χ4v) is 3.23. The molecule has 0 aliphatic carbocycles. The van der Waals surface area contributed by atoms with Gasteiger partial charge in [0, 0.05) is 24.3 Å². The van der Waals surface area contributed by atoms with Crippen LogP contribution in [0.1, 0.15) is 29.8 Å². The number of carbonyl (C=O) groups is 1. The smallest absolute Gasteiger partial charge is 0.258 e. The van der Waals surface area contributed by atoms with E-state index in [4.69, 9.17) is 5.73 Å². The Balaban J connectivity index is 0.00000210. The van der Waals surface area contributed by atoms with Crippen LogP contribution in [0.15, 0.2) is 42.5 Å². The molecule has 3 N–H and O–H groups in total. The van der Waals surface area contributed by atoms with Crippen LogP contribution in [0.3, 0.4) is 0 Å². The van der Waals surface area contributed by atoms with Crippen molar-refractivity contribution in [3.63, 3.8) is 0 Å². The highest BCUT2D eigenvalue weighted by Crippen LogP contribution is 2.21. The number of likely N-dealkylation sites (N-methyl/N-ethyl adjacent to an activating group) is 1. The lowest BCUT2D eigenvalue weighted by Gasteiger charge is -2.19. The number of hydrogen-bond donors (Lipinski definition) is 2. The van der Waals surface area contributed by atoms with Gasteiger partial charge in [-0.25, -0.2) is 4.98 Å². The summed E-state index contributed by atoms with van der Waals surface area (Å²) in [6, 6.07) is 13.3. The number of hydrogen-bond acceptors (Lipinski definition) is 4. The van der Waals surface area contributed by atoms with Crippen molar-refractivity contribution in [1.82, 2.24) is 14.5 Å². The standard InChI is InChI=1S/C21H27N5O.2ClH/c1-4-25(5-2)12-13-26-19-9-7-6-8-18(19)23-21(26)24-20(27)17-14-16(22)11-10-15(17)3;;/h6-11,14H,4-5,12-13,22H2,1-3H3,(H,23,24,27);2*1H. The van der Waals surface area contributed by atoms with Gasteiger partial charge in [0.05, 0.1) is 11.0 Å². The Labute approximate surface area is 184 Å². The Morgan fingerprint density at radius 1 is 1.14 bits per heavy atom. The van der Waals surface area contributed by atoms with Crippen LogP contribution in [0.25, 0.3) is 11.0 Å². The number of nitrogens with two attached hydrogens (primary N) is 1. The van der Waals surface area contributed by atoms with Gasteiger partial charge in [-0.1, -0.05) is 32.0 Å². The van der Waals surface area contributed by atoms with E-state index in [1.807, 2.05) is 37.3 Å². The molecule has 0 saturated heterocycles. The maximum Gasteiger partial charge on any atom is 0.258 e. The summed E-state index contributed by atoms with van der Waals surface area (Å²) >= 11 is 0. The molecule has 0 unspecified atom stereocenters. The van der Waals surface area contributed by atoms with Gasteiger partial charge in [0.2, 0.25) is 5.95 Å². The first-order valence-electron chi connectivity index (χ1n) is 9.38. The summed E-state index contributed by atoms with van der Waals surface area (Å²) in [5.41, 5.74) is 9.76. The number of nitrogen functional groups attached to an aromatic ring is 1. The van der Waals surface area contributed by atoms with Crippen LogP contribution in [0.2, 0.25) is 0 Å². The van der Waals surface area contributed by atoms with Gasteiger partial charge in [-0.3, -0.25) is 10.1 Å². The molecule has 0 bridgehead atoms. The summed E-state index contributed by atoms with van der Waals surface area (Å²) in [6.45, 7) is 9.85. The molecule has 1 heterocycles. The Hall–Kier alpha value is -2.28. The second-order valence-corrected chi connectivity index (χ2v) is 6.63. The minimum absolute atomic E-state index is 0. The zero-order chi connectivity index (χ0) is 19.4. The molecule has 0 fully saturated rings. The number of para-hydroxylation sites is 2. The van der Waals surface area contributed by atoms with E-state index in [1.54, 1.807) is 12.1 Å². The van der Waals surface area contributed by atoms with Gasteiger partial charge in [-0.2, -0.15) is 0 Å². The Morgan fingerprint density at radius 3 is 2.52 bits per heavy atom. The van der Waals surface area contributed by atoms with E-state index in [2.05, 4.69) is 33.6 Å². The molecule has 3 aromatic rings.